The molecule has 1 saturated heterocycles. The van der Waals surface area contributed by atoms with Crippen LogP contribution in [0.1, 0.15) is 51.9 Å². The third-order valence-corrected chi connectivity index (χ3v) is 4.37. The number of nitrogens with one attached hydrogen (secondary N) is 2. The van der Waals surface area contributed by atoms with Crippen molar-refractivity contribution in [3.05, 3.63) is 24.3 Å². The lowest BCUT2D eigenvalue weighted by Crippen LogP contribution is -2.30. The summed E-state index contributed by atoms with van der Waals surface area (Å²) in [5.41, 5.74) is 0.919. The topological polar surface area (TPSA) is 59.6 Å². The number of carbonyl (C=O) groups excluding carboxylic acids is 1. The van der Waals surface area contributed by atoms with Gasteiger partial charge in [-0.2, -0.15) is 0 Å². The maximum absolute atomic E-state index is 11.8. The second kappa shape index (κ2) is 11.7. The largest absolute Gasteiger partial charge is 0.491 e. The maximum Gasteiger partial charge on any atom is 0.239 e. The zero-order valence-corrected chi connectivity index (χ0v) is 15.4. The molecule has 0 spiro atoms. The van der Waals surface area contributed by atoms with Gasteiger partial charge in [-0.15, -0.1) is 0 Å². The number of carbonyl (C=O) groups is 1. The van der Waals surface area contributed by atoms with Crippen LogP contribution in [0.4, 0.5) is 5.69 Å². The quantitative estimate of drug-likeness (QED) is 0.565. The average molecular weight is 348 g/mol. The molecular formula is C20H32N2O3. The van der Waals surface area contributed by atoms with Gasteiger partial charge in [0.2, 0.25) is 5.91 Å². The normalized spacial score (nSPS) is 16.6. The van der Waals surface area contributed by atoms with Gasteiger partial charge in [-0.3, -0.25) is 4.79 Å². The van der Waals surface area contributed by atoms with E-state index in [1.807, 2.05) is 24.3 Å². The van der Waals surface area contributed by atoms with E-state index in [0.29, 0.717) is 13.2 Å². The van der Waals surface area contributed by atoms with Crippen LogP contribution in [-0.2, 0) is 9.53 Å². The molecule has 1 aromatic carbocycles. The Hall–Kier alpha value is -1.75. The molecule has 1 unspecified atom stereocenters. The molecule has 2 N–H and O–H groups in total. The Morgan fingerprint density at radius 2 is 2.00 bits per heavy atom. The lowest BCUT2D eigenvalue weighted by molar-refractivity contribution is -0.119. The Morgan fingerprint density at radius 1 is 1.20 bits per heavy atom. The molecule has 2 rings (SSSR count). The third-order valence-electron chi connectivity index (χ3n) is 4.37. The van der Waals surface area contributed by atoms with Crippen LogP contribution in [0, 0.1) is 0 Å². The number of amides is 1. The van der Waals surface area contributed by atoms with Crippen molar-refractivity contribution in [3.8, 4) is 5.75 Å². The second-order valence-electron chi connectivity index (χ2n) is 6.59. The van der Waals surface area contributed by atoms with E-state index in [9.17, 15) is 4.79 Å². The van der Waals surface area contributed by atoms with E-state index in [1.54, 1.807) is 0 Å². The van der Waals surface area contributed by atoms with Crippen LogP contribution >= 0.6 is 0 Å². The van der Waals surface area contributed by atoms with Gasteiger partial charge in [0, 0.05) is 18.8 Å². The number of hydrogen-bond donors (Lipinski definition) is 2. The summed E-state index contributed by atoms with van der Waals surface area (Å²) in [6.45, 7) is 4.71. The van der Waals surface area contributed by atoms with Gasteiger partial charge >= 0.3 is 0 Å². The molecule has 5 heteroatoms. The van der Waals surface area contributed by atoms with Gasteiger partial charge in [-0.05, 0) is 43.5 Å². The monoisotopic (exact) mass is 348 g/mol. The SMILES string of the molecule is CCCCCCCNC(=O)CNc1ccc(OCC2CCCO2)cc1. The number of anilines is 1. The molecule has 0 radical (unpaired) electrons. The van der Waals surface area contributed by atoms with Gasteiger partial charge in [0.15, 0.2) is 0 Å². The van der Waals surface area contributed by atoms with E-state index in [0.717, 1.165) is 43.9 Å². The first-order valence-electron chi connectivity index (χ1n) is 9.63. The zero-order valence-electron chi connectivity index (χ0n) is 15.4. The van der Waals surface area contributed by atoms with E-state index in [1.165, 1.54) is 25.7 Å². The standard InChI is InChI=1S/C20H32N2O3/c1-2-3-4-5-6-13-21-20(23)15-22-17-9-11-18(12-10-17)25-16-19-8-7-14-24-19/h9-12,19,22H,2-8,13-16H2,1H3,(H,21,23). The molecule has 0 bridgehead atoms. The summed E-state index contributed by atoms with van der Waals surface area (Å²) in [5, 5.41) is 6.09. The Kier molecular flexibility index (Phi) is 9.19. The maximum atomic E-state index is 11.8. The van der Waals surface area contributed by atoms with E-state index >= 15 is 0 Å². The van der Waals surface area contributed by atoms with Gasteiger partial charge in [0.05, 0.1) is 12.6 Å². The minimum Gasteiger partial charge on any atom is -0.491 e. The van der Waals surface area contributed by atoms with E-state index < -0.39 is 0 Å². The van der Waals surface area contributed by atoms with Crippen molar-refractivity contribution in [2.24, 2.45) is 0 Å². The van der Waals surface area contributed by atoms with Gasteiger partial charge in [-0.1, -0.05) is 32.6 Å². The van der Waals surface area contributed by atoms with Crippen LogP contribution in [0.3, 0.4) is 0 Å². The van der Waals surface area contributed by atoms with Crippen molar-refractivity contribution in [3.63, 3.8) is 0 Å². The highest BCUT2D eigenvalue weighted by Crippen LogP contribution is 2.18. The molecule has 1 aliphatic heterocycles. The smallest absolute Gasteiger partial charge is 0.239 e. The van der Waals surface area contributed by atoms with Crippen molar-refractivity contribution in [2.75, 3.05) is 31.6 Å². The molecule has 1 aromatic rings. The number of rotatable bonds is 12. The van der Waals surface area contributed by atoms with Crippen LogP contribution in [0.25, 0.3) is 0 Å². The van der Waals surface area contributed by atoms with Gasteiger partial charge < -0.3 is 20.1 Å². The average Bonchev–Trinajstić information content (AvgIpc) is 3.15. The molecule has 1 atom stereocenters. The first kappa shape index (κ1) is 19.6. The summed E-state index contributed by atoms with van der Waals surface area (Å²) >= 11 is 0. The molecule has 140 valence electrons. The van der Waals surface area contributed by atoms with Crippen LogP contribution in [0.15, 0.2) is 24.3 Å². The Bertz CT molecular complexity index is 484. The number of hydrogen-bond acceptors (Lipinski definition) is 4. The first-order valence-corrected chi connectivity index (χ1v) is 9.63. The highest BCUT2D eigenvalue weighted by molar-refractivity contribution is 5.80. The highest BCUT2D eigenvalue weighted by atomic mass is 16.5. The Labute approximate surface area is 151 Å². The molecule has 1 fully saturated rings. The van der Waals surface area contributed by atoms with Crippen molar-refractivity contribution < 1.29 is 14.3 Å². The van der Waals surface area contributed by atoms with Crippen molar-refractivity contribution in [2.45, 2.75) is 58.0 Å². The Balaban J connectivity index is 1.56. The first-order chi connectivity index (χ1) is 12.3. The lowest BCUT2D eigenvalue weighted by Gasteiger charge is -2.12. The van der Waals surface area contributed by atoms with Crippen LogP contribution in [0.2, 0.25) is 0 Å². The summed E-state index contributed by atoms with van der Waals surface area (Å²) in [7, 11) is 0. The number of ether oxygens (including phenoxy) is 2. The van der Waals surface area contributed by atoms with Gasteiger partial charge in [-0.25, -0.2) is 0 Å². The minimum atomic E-state index is 0.0363. The highest BCUT2D eigenvalue weighted by Gasteiger charge is 2.15. The zero-order chi connectivity index (χ0) is 17.7. The summed E-state index contributed by atoms with van der Waals surface area (Å²) in [4.78, 5) is 11.8. The van der Waals surface area contributed by atoms with Crippen LogP contribution < -0.4 is 15.4 Å². The fourth-order valence-electron chi connectivity index (χ4n) is 2.84. The molecule has 1 amide bonds. The molecule has 1 aliphatic rings. The number of benzene rings is 1. The minimum absolute atomic E-state index is 0.0363. The van der Waals surface area contributed by atoms with Gasteiger partial charge in [0.25, 0.3) is 0 Å². The molecule has 0 aromatic heterocycles. The van der Waals surface area contributed by atoms with Crippen molar-refractivity contribution in [1.82, 2.24) is 5.32 Å². The third kappa shape index (κ3) is 8.25. The molecular weight excluding hydrogens is 316 g/mol. The summed E-state index contributed by atoms with van der Waals surface area (Å²) < 4.78 is 11.3. The molecule has 0 aliphatic carbocycles. The summed E-state index contributed by atoms with van der Waals surface area (Å²) in [6, 6.07) is 7.71. The van der Waals surface area contributed by atoms with Gasteiger partial charge in [0.1, 0.15) is 12.4 Å². The van der Waals surface area contributed by atoms with E-state index in [4.69, 9.17) is 9.47 Å². The van der Waals surface area contributed by atoms with E-state index in [-0.39, 0.29) is 12.0 Å². The molecule has 5 nitrogen and oxygen atoms in total. The fraction of sp³-hybridized carbons (Fsp3) is 0.650. The summed E-state index contributed by atoms with van der Waals surface area (Å²) in [5.74, 6) is 0.867. The van der Waals surface area contributed by atoms with Crippen molar-refractivity contribution >= 4 is 11.6 Å². The molecule has 1 heterocycles. The predicted molar refractivity (Wildman–Crippen MR) is 101 cm³/mol. The predicted octanol–water partition coefficient (Wildman–Crippen LogP) is 3.74. The molecule has 0 saturated carbocycles. The van der Waals surface area contributed by atoms with Crippen LogP contribution in [0.5, 0.6) is 5.75 Å². The van der Waals surface area contributed by atoms with Crippen molar-refractivity contribution in [1.29, 1.82) is 0 Å². The number of unbranched alkanes of at least 4 members (excludes halogenated alkanes) is 4. The Morgan fingerprint density at radius 3 is 2.72 bits per heavy atom. The summed E-state index contributed by atoms with van der Waals surface area (Å²) in [6.07, 6.45) is 8.45. The lowest BCUT2D eigenvalue weighted by atomic mass is 10.1. The fourth-order valence-corrected chi connectivity index (χ4v) is 2.84. The molecule has 25 heavy (non-hydrogen) atoms. The second-order valence-corrected chi connectivity index (χ2v) is 6.59. The van der Waals surface area contributed by atoms with E-state index in [2.05, 4.69) is 17.6 Å². The van der Waals surface area contributed by atoms with Crippen LogP contribution in [-0.4, -0.2) is 38.3 Å².